The summed E-state index contributed by atoms with van der Waals surface area (Å²) in [6.07, 6.45) is 13.0. The minimum absolute atomic E-state index is 0.128. The zero-order valence-corrected chi connectivity index (χ0v) is 12.7. The summed E-state index contributed by atoms with van der Waals surface area (Å²) in [5, 5.41) is 7.21. The predicted molar refractivity (Wildman–Crippen MR) is 83.7 cm³/mol. The van der Waals surface area contributed by atoms with Gasteiger partial charge in [0, 0.05) is 6.54 Å². The van der Waals surface area contributed by atoms with Gasteiger partial charge >= 0.3 is 0 Å². The summed E-state index contributed by atoms with van der Waals surface area (Å²) in [6, 6.07) is 0. The van der Waals surface area contributed by atoms with Crippen LogP contribution in [0.4, 0.5) is 5.69 Å². The largest absolute Gasteiger partial charge is 0.377 e. The van der Waals surface area contributed by atoms with Gasteiger partial charge in [-0.2, -0.15) is 5.10 Å². The van der Waals surface area contributed by atoms with Crippen molar-refractivity contribution in [3.8, 4) is 12.3 Å². The first-order chi connectivity index (χ1) is 10.2. The molecule has 0 atom stereocenters. The molecule has 0 aliphatic heterocycles. The summed E-state index contributed by atoms with van der Waals surface area (Å²) in [6.45, 7) is 1.21. The maximum Gasteiger partial charge on any atom is 0.292 e. The van der Waals surface area contributed by atoms with Crippen molar-refractivity contribution in [2.45, 2.75) is 44.8 Å². The number of ether oxygens (including phenoxy) is 1. The van der Waals surface area contributed by atoms with Gasteiger partial charge in [0.25, 0.3) is 5.56 Å². The van der Waals surface area contributed by atoms with Crippen LogP contribution >= 0.6 is 11.6 Å². The molecule has 0 unspecified atom stereocenters. The minimum atomic E-state index is -0.307. The van der Waals surface area contributed by atoms with Gasteiger partial charge in [0.05, 0.1) is 23.9 Å². The van der Waals surface area contributed by atoms with Gasteiger partial charge in [0.15, 0.2) is 0 Å². The molecule has 6 heteroatoms. The number of nitrogens with one attached hydrogen (secondary N) is 1. The molecule has 1 N–H and O–H groups in total. The Morgan fingerprint density at radius 3 is 2.95 bits per heavy atom. The van der Waals surface area contributed by atoms with Crippen molar-refractivity contribution in [2.75, 3.05) is 18.5 Å². The molecule has 114 valence electrons. The average molecular weight is 310 g/mol. The van der Waals surface area contributed by atoms with Crippen LogP contribution in [0, 0.1) is 12.3 Å². The van der Waals surface area contributed by atoms with Crippen molar-refractivity contribution in [3.63, 3.8) is 0 Å². The van der Waals surface area contributed by atoms with Crippen LogP contribution < -0.4 is 10.9 Å². The van der Waals surface area contributed by atoms with E-state index in [9.17, 15) is 4.79 Å². The molecule has 1 heterocycles. The molecule has 1 aliphatic rings. The Bertz CT molecular complexity index is 559. The standard InChI is InChI=1S/C15H20ClN3O2/c1-2-9-19-15(20)14(13(16)11-18-19)17-8-10-21-12-6-4-3-5-7-12/h1,11-12,17H,3-10H2. The fraction of sp³-hybridized carbons (Fsp3) is 0.600. The molecule has 0 radical (unpaired) electrons. The van der Waals surface area contributed by atoms with Crippen LogP contribution in [0.3, 0.4) is 0 Å². The lowest BCUT2D eigenvalue weighted by molar-refractivity contribution is 0.0347. The molecule has 0 spiro atoms. The molecular weight excluding hydrogens is 290 g/mol. The summed E-state index contributed by atoms with van der Waals surface area (Å²) in [5.74, 6) is 2.39. The third kappa shape index (κ3) is 4.48. The first kappa shape index (κ1) is 15.9. The van der Waals surface area contributed by atoms with Crippen LogP contribution in [0.1, 0.15) is 32.1 Å². The van der Waals surface area contributed by atoms with E-state index in [1.54, 1.807) is 0 Å². The van der Waals surface area contributed by atoms with E-state index in [4.69, 9.17) is 22.8 Å². The second-order valence-electron chi connectivity index (χ2n) is 5.09. The third-order valence-corrected chi connectivity index (χ3v) is 3.83. The summed E-state index contributed by atoms with van der Waals surface area (Å²) >= 11 is 6.00. The zero-order chi connectivity index (χ0) is 15.1. The molecule has 5 nitrogen and oxygen atoms in total. The van der Waals surface area contributed by atoms with Crippen LogP contribution in [0.25, 0.3) is 0 Å². The zero-order valence-electron chi connectivity index (χ0n) is 12.0. The van der Waals surface area contributed by atoms with E-state index >= 15 is 0 Å². The first-order valence-corrected chi connectivity index (χ1v) is 7.64. The van der Waals surface area contributed by atoms with Crippen LogP contribution in [-0.2, 0) is 11.3 Å². The molecule has 0 amide bonds. The number of halogens is 1. The molecule has 1 saturated carbocycles. The summed E-state index contributed by atoms with van der Waals surface area (Å²) < 4.78 is 7.00. The molecule has 0 aromatic carbocycles. The Morgan fingerprint density at radius 2 is 2.24 bits per heavy atom. The van der Waals surface area contributed by atoms with Gasteiger partial charge in [0.2, 0.25) is 0 Å². The summed E-state index contributed by atoms with van der Waals surface area (Å²) in [4.78, 5) is 12.1. The quantitative estimate of drug-likeness (QED) is 0.647. The minimum Gasteiger partial charge on any atom is -0.377 e. The van der Waals surface area contributed by atoms with Crippen molar-refractivity contribution in [3.05, 3.63) is 21.6 Å². The lowest BCUT2D eigenvalue weighted by Crippen LogP contribution is -2.27. The number of terminal acetylenes is 1. The van der Waals surface area contributed by atoms with Crippen molar-refractivity contribution < 1.29 is 4.74 Å². The number of hydrogen-bond donors (Lipinski definition) is 1. The fourth-order valence-corrected chi connectivity index (χ4v) is 2.65. The molecule has 2 rings (SSSR count). The Kier molecular flexibility index (Phi) is 6.09. The Morgan fingerprint density at radius 1 is 1.48 bits per heavy atom. The topological polar surface area (TPSA) is 56.1 Å². The van der Waals surface area contributed by atoms with Crippen molar-refractivity contribution in [1.29, 1.82) is 0 Å². The Balaban J connectivity index is 1.86. The van der Waals surface area contributed by atoms with Crippen molar-refractivity contribution in [2.24, 2.45) is 0 Å². The molecule has 0 saturated heterocycles. The van der Waals surface area contributed by atoms with E-state index in [0.717, 1.165) is 12.8 Å². The van der Waals surface area contributed by atoms with Gasteiger partial charge in [-0.05, 0) is 12.8 Å². The monoisotopic (exact) mass is 309 g/mol. The molecule has 21 heavy (non-hydrogen) atoms. The second-order valence-corrected chi connectivity index (χ2v) is 5.50. The van der Waals surface area contributed by atoms with Gasteiger partial charge in [-0.15, -0.1) is 6.42 Å². The predicted octanol–water partition coefficient (Wildman–Crippen LogP) is 2.29. The van der Waals surface area contributed by atoms with E-state index in [1.807, 2.05) is 0 Å². The molecule has 1 aliphatic carbocycles. The normalized spacial score (nSPS) is 15.6. The highest BCUT2D eigenvalue weighted by molar-refractivity contribution is 6.32. The van der Waals surface area contributed by atoms with Gasteiger partial charge in [-0.25, -0.2) is 4.68 Å². The maximum absolute atomic E-state index is 12.1. The van der Waals surface area contributed by atoms with E-state index in [-0.39, 0.29) is 12.1 Å². The summed E-state index contributed by atoms with van der Waals surface area (Å²) in [5.41, 5.74) is 0.0206. The highest BCUT2D eigenvalue weighted by atomic mass is 35.5. The molecule has 1 aromatic heterocycles. The number of anilines is 1. The molecule has 1 aromatic rings. The molecular formula is C15H20ClN3O2. The second kappa shape index (κ2) is 8.06. The van der Waals surface area contributed by atoms with Crippen LogP contribution in [0.2, 0.25) is 5.02 Å². The summed E-state index contributed by atoms with van der Waals surface area (Å²) in [7, 11) is 0. The highest BCUT2D eigenvalue weighted by Crippen LogP contribution is 2.20. The van der Waals surface area contributed by atoms with E-state index in [2.05, 4.69) is 16.3 Å². The lowest BCUT2D eigenvalue weighted by atomic mass is 9.98. The van der Waals surface area contributed by atoms with Gasteiger partial charge in [-0.3, -0.25) is 4.79 Å². The molecule has 0 bridgehead atoms. The molecule has 1 fully saturated rings. The number of aromatic nitrogens is 2. The van der Waals surface area contributed by atoms with Crippen molar-refractivity contribution >= 4 is 17.3 Å². The van der Waals surface area contributed by atoms with Crippen molar-refractivity contribution in [1.82, 2.24) is 9.78 Å². The average Bonchev–Trinajstić information content (AvgIpc) is 2.50. The fourth-order valence-electron chi connectivity index (χ4n) is 2.46. The highest BCUT2D eigenvalue weighted by Gasteiger charge is 2.14. The lowest BCUT2D eigenvalue weighted by Gasteiger charge is -2.22. The van der Waals surface area contributed by atoms with Gasteiger partial charge in [-0.1, -0.05) is 36.8 Å². The van der Waals surface area contributed by atoms with Gasteiger partial charge < -0.3 is 10.1 Å². The Hall–Kier alpha value is -1.51. The van der Waals surface area contributed by atoms with E-state index < -0.39 is 0 Å². The first-order valence-electron chi connectivity index (χ1n) is 7.27. The number of hydrogen-bond acceptors (Lipinski definition) is 4. The number of nitrogens with zero attached hydrogens (tertiary/aromatic N) is 2. The maximum atomic E-state index is 12.1. The van der Waals surface area contributed by atoms with Gasteiger partial charge in [0.1, 0.15) is 12.2 Å². The van der Waals surface area contributed by atoms with E-state index in [0.29, 0.717) is 30.0 Å². The SMILES string of the molecule is C#CCn1ncc(Cl)c(NCCOC2CCCCC2)c1=O. The van der Waals surface area contributed by atoms with Crippen LogP contribution in [0.5, 0.6) is 0 Å². The van der Waals surface area contributed by atoms with E-state index in [1.165, 1.54) is 30.1 Å². The van der Waals surface area contributed by atoms with Crippen LogP contribution in [0.15, 0.2) is 11.0 Å². The van der Waals surface area contributed by atoms with Crippen LogP contribution in [-0.4, -0.2) is 29.0 Å². The third-order valence-electron chi connectivity index (χ3n) is 3.55. The Labute approximate surface area is 129 Å². The number of rotatable bonds is 6. The smallest absolute Gasteiger partial charge is 0.292 e.